The van der Waals surface area contributed by atoms with Crippen LogP contribution in [-0.2, 0) is 6.54 Å². The molecule has 2 aromatic rings. The number of carboxylic acid groups (broad SMARTS) is 1. The summed E-state index contributed by atoms with van der Waals surface area (Å²) in [5, 5.41) is 27.1. The number of hydrogen-bond donors (Lipinski definition) is 4. The second kappa shape index (κ2) is 5.95. The number of urea groups is 1. The van der Waals surface area contributed by atoms with Gasteiger partial charge in [-0.3, -0.25) is 0 Å². The number of hydrogen-bond acceptors (Lipinski definition) is 5. The van der Waals surface area contributed by atoms with Crippen molar-refractivity contribution in [2.45, 2.75) is 13.5 Å². The topological polar surface area (TPSA) is 125 Å². The monoisotopic (exact) mass is 291 g/mol. The van der Waals surface area contributed by atoms with Crippen LogP contribution in [0.3, 0.4) is 0 Å². The summed E-state index contributed by atoms with van der Waals surface area (Å²) in [4.78, 5) is 22.4. The first-order chi connectivity index (χ1) is 9.95. The number of phenols is 1. The molecule has 1 heterocycles. The van der Waals surface area contributed by atoms with Gasteiger partial charge in [0.05, 0.1) is 17.8 Å². The molecule has 2 amide bonds. The van der Waals surface area contributed by atoms with E-state index in [9.17, 15) is 14.7 Å². The molecule has 21 heavy (non-hydrogen) atoms. The van der Waals surface area contributed by atoms with E-state index in [0.29, 0.717) is 11.5 Å². The maximum Gasteiger partial charge on any atom is 0.335 e. The van der Waals surface area contributed by atoms with E-state index in [1.54, 1.807) is 13.0 Å². The van der Waals surface area contributed by atoms with Gasteiger partial charge in [0.1, 0.15) is 17.2 Å². The number of nitrogens with one attached hydrogen (secondary N) is 2. The van der Waals surface area contributed by atoms with Crippen LogP contribution in [0, 0.1) is 6.92 Å². The molecule has 0 saturated heterocycles. The summed E-state index contributed by atoms with van der Waals surface area (Å²) in [5.74, 6) is -0.862. The Kier molecular flexibility index (Phi) is 4.07. The number of carbonyl (C=O) groups excluding carboxylic acids is 1. The second-order valence-corrected chi connectivity index (χ2v) is 4.27. The largest absolute Gasteiger partial charge is 0.506 e. The van der Waals surface area contributed by atoms with Crippen molar-refractivity contribution in [2.24, 2.45) is 0 Å². The van der Waals surface area contributed by atoms with Crippen molar-refractivity contribution in [1.29, 1.82) is 0 Å². The van der Waals surface area contributed by atoms with E-state index in [-0.39, 0.29) is 23.5 Å². The summed E-state index contributed by atoms with van der Waals surface area (Å²) in [7, 11) is 0. The number of aromatic hydroxyl groups is 1. The lowest BCUT2D eigenvalue weighted by Crippen LogP contribution is -2.28. The number of aromatic nitrogens is 1. The summed E-state index contributed by atoms with van der Waals surface area (Å²) >= 11 is 0. The smallest absolute Gasteiger partial charge is 0.335 e. The Labute approximate surface area is 119 Å². The molecule has 4 N–H and O–H groups in total. The summed E-state index contributed by atoms with van der Waals surface area (Å²) < 4.78 is 4.85. The van der Waals surface area contributed by atoms with E-state index in [4.69, 9.17) is 9.63 Å². The van der Waals surface area contributed by atoms with E-state index in [1.165, 1.54) is 12.1 Å². The molecule has 8 heteroatoms. The van der Waals surface area contributed by atoms with Gasteiger partial charge in [0.15, 0.2) is 0 Å². The standard InChI is InChI=1S/C13H13N3O5/c1-7-4-9(16-21-7)6-14-13(20)15-10-3-2-8(12(18)19)5-11(10)17/h2-5,17H,6H2,1H3,(H,18,19)(H2,14,15,20). The first-order valence-corrected chi connectivity index (χ1v) is 5.99. The van der Waals surface area contributed by atoms with E-state index in [0.717, 1.165) is 6.07 Å². The second-order valence-electron chi connectivity index (χ2n) is 4.27. The van der Waals surface area contributed by atoms with Crippen molar-refractivity contribution in [2.75, 3.05) is 5.32 Å². The highest BCUT2D eigenvalue weighted by atomic mass is 16.5. The number of nitrogens with zero attached hydrogens (tertiary/aromatic N) is 1. The van der Waals surface area contributed by atoms with Crippen molar-refractivity contribution < 1.29 is 24.3 Å². The molecule has 0 bridgehead atoms. The zero-order valence-corrected chi connectivity index (χ0v) is 11.1. The number of phenolic OH excluding ortho intramolecular Hbond substituents is 1. The molecule has 0 fully saturated rings. The lowest BCUT2D eigenvalue weighted by Gasteiger charge is -2.08. The van der Waals surface area contributed by atoms with Crippen LogP contribution in [0.2, 0.25) is 0 Å². The van der Waals surface area contributed by atoms with Crippen LogP contribution >= 0.6 is 0 Å². The number of rotatable bonds is 4. The third kappa shape index (κ3) is 3.72. The van der Waals surface area contributed by atoms with Crippen LogP contribution in [0.15, 0.2) is 28.8 Å². The van der Waals surface area contributed by atoms with Crippen molar-refractivity contribution in [3.05, 3.63) is 41.3 Å². The van der Waals surface area contributed by atoms with Gasteiger partial charge in [-0.05, 0) is 25.1 Å². The molecule has 2 rings (SSSR count). The third-order valence-corrected chi connectivity index (χ3v) is 2.60. The summed E-state index contributed by atoms with van der Waals surface area (Å²) in [6.07, 6.45) is 0. The zero-order chi connectivity index (χ0) is 15.4. The van der Waals surface area contributed by atoms with Gasteiger partial charge in [-0.1, -0.05) is 5.16 Å². The highest BCUT2D eigenvalue weighted by Crippen LogP contribution is 2.24. The normalized spacial score (nSPS) is 10.1. The van der Waals surface area contributed by atoms with Crippen LogP contribution in [-0.4, -0.2) is 27.4 Å². The number of carboxylic acids is 1. The Hall–Kier alpha value is -3.03. The predicted octanol–water partition coefficient (Wildman–Crippen LogP) is 1.71. The Balaban J connectivity index is 1.94. The van der Waals surface area contributed by atoms with Gasteiger partial charge in [0.25, 0.3) is 0 Å². The summed E-state index contributed by atoms with van der Waals surface area (Å²) in [6, 6.07) is 4.75. The highest BCUT2D eigenvalue weighted by molar-refractivity contribution is 5.93. The first-order valence-electron chi connectivity index (χ1n) is 5.99. The lowest BCUT2D eigenvalue weighted by molar-refractivity contribution is 0.0696. The van der Waals surface area contributed by atoms with Gasteiger partial charge < -0.3 is 25.4 Å². The molecular weight excluding hydrogens is 278 g/mol. The van der Waals surface area contributed by atoms with Crippen molar-refractivity contribution in [3.8, 4) is 5.75 Å². The zero-order valence-electron chi connectivity index (χ0n) is 11.1. The van der Waals surface area contributed by atoms with Gasteiger partial charge in [0.2, 0.25) is 0 Å². The fourth-order valence-corrected chi connectivity index (χ4v) is 1.61. The Morgan fingerprint density at radius 3 is 2.67 bits per heavy atom. The minimum absolute atomic E-state index is 0.0727. The number of benzene rings is 1. The van der Waals surface area contributed by atoms with E-state index in [2.05, 4.69) is 15.8 Å². The first kappa shape index (κ1) is 14.4. The third-order valence-electron chi connectivity index (χ3n) is 2.60. The van der Waals surface area contributed by atoms with Gasteiger partial charge in [0, 0.05) is 6.07 Å². The number of amides is 2. The molecule has 0 aliphatic heterocycles. The lowest BCUT2D eigenvalue weighted by atomic mass is 10.2. The SMILES string of the molecule is Cc1cc(CNC(=O)Nc2ccc(C(=O)O)cc2O)no1. The van der Waals surface area contributed by atoms with E-state index < -0.39 is 12.0 Å². The minimum atomic E-state index is -1.16. The number of anilines is 1. The Bertz CT molecular complexity index is 680. The molecule has 110 valence electrons. The summed E-state index contributed by atoms with van der Waals surface area (Å²) in [6.45, 7) is 1.90. The van der Waals surface area contributed by atoms with Gasteiger partial charge in [-0.15, -0.1) is 0 Å². The molecule has 0 atom stereocenters. The summed E-state index contributed by atoms with van der Waals surface area (Å²) in [5.41, 5.74) is 0.596. The van der Waals surface area contributed by atoms with Crippen LogP contribution in [0.25, 0.3) is 0 Å². The molecule has 0 aliphatic rings. The average Bonchev–Trinajstić information content (AvgIpc) is 2.84. The number of aromatic carboxylic acids is 1. The maximum absolute atomic E-state index is 11.7. The van der Waals surface area contributed by atoms with Gasteiger partial charge in [-0.25, -0.2) is 9.59 Å². The molecule has 1 aromatic heterocycles. The van der Waals surface area contributed by atoms with Gasteiger partial charge in [-0.2, -0.15) is 0 Å². The molecule has 0 saturated carbocycles. The molecule has 1 aromatic carbocycles. The van der Waals surface area contributed by atoms with Crippen LogP contribution in [0.1, 0.15) is 21.8 Å². The average molecular weight is 291 g/mol. The van der Waals surface area contributed by atoms with Crippen LogP contribution in [0.5, 0.6) is 5.75 Å². The van der Waals surface area contributed by atoms with Crippen LogP contribution in [0.4, 0.5) is 10.5 Å². The minimum Gasteiger partial charge on any atom is -0.506 e. The van der Waals surface area contributed by atoms with Crippen molar-refractivity contribution >= 4 is 17.7 Å². The van der Waals surface area contributed by atoms with Crippen LogP contribution < -0.4 is 10.6 Å². The van der Waals surface area contributed by atoms with Gasteiger partial charge >= 0.3 is 12.0 Å². The maximum atomic E-state index is 11.7. The molecule has 0 aliphatic carbocycles. The molecular formula is C13H13N3O5. The van der Waals surface area contributed by atoms with Crippen molar-refractivity contribution in [1.82, 2.24) is 10.5 Å². The Morgan fingerprint density at radius 1 is 1.33 bits per heavy atom. The molecule has 0 radical (unpaired) electrons. The molecule has 0 spiro atoms. The fraction of sp³-hybridized carbons (Fsp3) is 0.154. The predicted molar refractivity (Wildman–Crippen MR) is 72.2 cm³/mol. The van der Waals surface area contributed by atoms with E-state index in [1.807, 2.05) is 0 Å². The molecule has 0 unspecified atom stereocenters. The Morgan fingerprint density at radius 2 is 2.10 bits per heavy atom. The van der Waals surface area contributed by atoms with Crippen molar-refractivity contribution in [3.63, 3.8) is 0 Å². The number of aryl methyl sites for hydroxylation is 1. The fourth-order valence-electron chi connectivity index (χ4n) is 1.61. The van der Waals surface area contributed by atoms with E-state index >= 15 is 0 Å². The number of carbonyl (C=O) groups is 2. The quantitative estimate of drug-likeness (QED) is 0.635. The molecule has 8 nitrogen and oxygen atoms in total. The highest BCUT2D eigenvalue weighted by Gasteiger charge is 2.10.